The van der Waals surface area contributed by atoms with Gasteiger partial charge in [-0.05, 0) is 24.7 Å². The van der Waals surface area contributed by atoms with Gasteiger partial charge in [-0.25, -0.2) is 0 Å². The van der Waals surface area contributed by atoms with E-state index in [0.29, 0.717) is 0 Å². The van der Waals surface area contributed by atoms with Crippen LogP contribution in [0.4, 0.5) is 0 Å². The van der Waals surface area contributed by atoms with Gasteiger partial charge in [-0.15, -0.1) is 0 Å². The molecule has 78 valence electrons. The zero-order valence-corrected chi connectivity index (χ0v) is 9.26. The lowest BCUT2D eigenvalue weighted by atomic mass is 10.1. The third-order valence-corrected chi connectivity index (χ3v) is 4.05. The number of aromatic nitrogens is 2. The Morgan fingerprint density at radius 2 is 2.57 bits per heavy atom. The molecule has 0 radical (unpaired) electrons. The summed E-state index contributed by atoms with van der Waals surface area (Å²) in [6.45, 7) is 0.0846. The molecular weight excluding hydrogens is 196 g/mol. The third kappa shape index (κ3) is 2.12. The van der Waals surface area contributed by atoms with E-state index in [2.05, 4.69) is 5.10 Å². The van der Waals surface area contributed by atoms with Crippen molar-refractivity contribution in [2.24, 2.45) is 7.05 Å². The summed E-state index contributed by atoms with van der Waals surface area (Å²) in [5.41, 5.74) is 2.03. The predicted molar refractivity (Wildman–Crippen MR) is 58.3 cm³/mol. The molecule has 1 fully saturated rings. The largest absolute Gasteiger partial charge is 0.390 e. The average Bonchev–Trinajstić information content (AvgIpc) is 2.76. The van der Waals surface area contributed by atoms with Crippen LogP contribution in [0.2, 0.25) is 0 Å². The van der Waals surface area contributed by atoms with E-state index in [1.165, 1.54) is 18.6 Å². The Balaban J connectivity index is 2.01. The molecule has 1 atom stereocenters. The Kier molecular flexibility index (Phi) is 3.13. The van der Waals surface area contributed by atoms with Crippen LogP contribution in [-0.4, -0.2) is 25.9 Å². The zero-order valence-electron chi connectivity index (χ0n) is 8.44. The Labute approximate surface area is 88.5 Å². The topological polar surface area (TPSA) is 38.0 Å². The quantitative estimate of drug-likeness (QED) is 0.822. The first-order valence-electron chi connectivity index (χ1n) is 5.04. The molecule has 2 heterocycles. The molecule has 0 saturated carbocycles. The first kappa shape index (κ1) is 10.1. The molecule has 2 rings (SSSR count). The zero-order chi connectivity index (χ0) is 9.97. The van der Waals surface area contributed by atoms with Crippen molar-refractivity contribution in [1.82, 2.24) is 9.78 Å². The maximum absolute atomic E-state index is 9.03. The molecule has 1 saturated heterocycles. The molecule has 1 unspecified atom stereocenters. The number of rotatable bonds is 3. The Hall–Kier alpha value is -0.480. The Morgan fingerprint density at radius 3 is 3.14 bits per heavy atom. The van der Waals surface area contributed by atoms with E-state index >= 15 is 0 Å². The fourth-order valence-electron chi connectivity index (χ4n) is 1.86. The van der Waals surface area contributed by atoms with Crippen molar-refractivity contribution < 1.29 is 5.11 Å². The van der Waals surface area contributed by atoms with E-state index in [1.807, 2.05) is 24.9 Å². The van der Waals surface area contributed by atoms with Crippen LogP contribution < -0.4 is 0 Å². The summed E-state index contributed by atoms with van der Waals surface area (Å²) in [7, 11) is 1.89. The number of thioether (sulfide) groups is 1. The first-order chi connectivity index (χ1) is 6.79. The predicted octanol–water partition coefficient (Wildman–Crippen LogP) is 1.35. The SMILES string of the molecule is Cn1nc(CC2CCCS2)cc1CO. The van der Waals surface area contributed by atoms with E-state index in [0.717, 1.165) is 23.1 Å². The van der Waals surface area contributed by atoms with Crippen LogP contribution in [0, 0.1) is 0 Å². The van der Waals surface area contributed by atoms with E-state index in [4.69, 9.17) is 5.11 Å². The Morgan fingerprint density at radius 1 is 1.71 bits per heavy atom. The maximum Gasteiger partial charge on any atom is 0.0849 e. The lowest BCUT2D eigenvalue weighted by molar-refractivity contribution is 0.270. The van der Waals surface area contributed by atoms with Crippen molar-refractivity contribution in [3.8, 4) is 0 Å². The van der Waals surface area contributed by atoms with Crippen molar-refractivity contribution in [2.45, 2.75) is 31.1 Å². The van der Waals surface area contributed by atoms with E-state index in [1.54, 1.807) is 4.68 Å². The molecule has 1 aromatic heterocycles. The van der Waals surface area contributed by atoms with Crippen molar-refractivity contribution in [1.29, 1.82) is 0 Å². The van der Waals surface area contributed by atoms with Gasteiger partial charge >= 0.3 is 0 Å². The van der Waals surface area contributed by atoms with Crippen LogP contribution in [0.15, 0.2) is 6.07 Å². The summed E-state index contributed by atoms with van der Waals surface area (Å²) in [6.07, 6.45) is 3.71. The van der Waals surface area contributed by atoms with Crippen LogP contribution >= 0.6 is 11.8 Å². The molecule has 0 aromatic carbocycles. The monoisotopic (exact) mass is 212 g/mol. The van der Waals surface area contributed by atoms with Gasteiger partial charge in [-0.2, -0.15) is 16.9 Å². The first-order valence-corrected chi connectivity index (χ1v) is 6.08. The van der Waals surface area contributed by atoms with Gasteiger partial charge in [0.2, 0.25) is 0 Å². The van der Waals surface area contributed by atoms with Crippen LogP contribution in [0.5, 0.6) is 0 Å². The Bertz CT molecular complexity index is 305. The maximum atomic E-state index is 9.03. The highest BCUT2D eigenvalue weighted by molar-refractivity contribution is 8.00. The van der Waals surface area contributed by atoms with E-state index in [-0.39, 0.29) is 6.61 Å². The highest BCUT2D eigenvalue weighted by Gasteiger charge is 2.17. The van der Waals surface area contributed by atoms with Gasteiger partial charge in [0, 0.05) is 18.7 Å². The van der Waals surface area contributed by atoms with Gasteiger partial charge in [0.05, 0.1) is 18.0 Å². The fourth-order valence-corrected chi connectivity index (χ4v) is 3.15. The summed E-state index contributed by atoms with van der Waals surface area (Å²) in [5, 5.41) is 14.2. The van der Waals surface area contributed by atoms with Crippen LogP contribution in [0.25, 0.3) is 0 Å². The van der Waals surface area contributed by atoms with Crippen molar-refractivity contribution in [3.05, 3.63) is 17.5 Å². The van der Waals surface area contributed by atoms with Gasteiger partial charge in [0.1, 0.15) is 0 Å². The van der Waals surface area contributed by atoms with Gasteiger partial charge < -0.3 is 5.11 Å². The van der Waals surface area contributed by atoms with Crippen LogP contribution in [0.1, 0.15) is 24.2 Å². The number of hydrogen-bond acceptors (Lipinski definition) is 3. The molecule has 0 bridgehead atoms. The normalized spacial score (nSPS) is 21.7. The fraction of sp³-hybridized carbons (Fsp3) is 0.700. The standard InChI is InChI=1S/C10H16N2OS/c1-12-9(7-13)5-8(11-12)6-10-3-2-4-14-10/h5,10,13H,2-4,6-7H2,1H3. The van der Waals surface area contributed by atoms with Crippen LogP contribution in [-0.2, 0) is 20.1 Å². The molecule has 1 aliphatic heterocycles. The summed E-state index contributed by atoms with van der Waals surface area (Å²) < 4.78 is 1.77. The third-order valence-electron chi connectivity index (χ3n) is 2.65. The molecule has 0 spiro atoms. The number of aliphatic hydroxyl groups is 1. The lowest BCUT2D eigenvalue weighted by Gasteiger charge is -2.04. The highest BCUT2D eigenvalue weighted by atomic mass is 32.2. The van der Waals surface area contributed by atoms with Gasteiger partial charge in [0.25, 0.3) is 0 Å². The molecule has 1 aromatic rings. The minimum atomic E-state index is 0.0846. The second-order valence-electron chi connectivity index (χ2n) is 3.75. The summed E-state index contributed by atoms with van der Waals surface area (Å²) >= 11 is 2.05. The molecule has 1 aliphatic rings. The number of hydrogen-bond donors (Lipinski definition) is 1. The molecule has 0 aliphatic carbocycles. The van der Waals surface area contributed by atoms with Crippen molar-refractivity contribution >= 4 is 11.8 Å². The van der Waals surface area contributed by atoms with Gasteiger partial charge in [-0.3, -0.25) is 4.68 Å². The van der Waals surface area contributed by atoms with Crippen LogP contribution in [0.3, 0.4) is 0 Å². The molecule has 1 N–H and O–H groups in total. The smallest absolute Gasteiger partial charge is 0.0849 e. The van der Waals surface area contributed by atoms with Crippen molar-refractivity contribution in [3.63, 3.8) is 0 Å². The van der Waals surface area contributed by atoms with Crippen molar-refractivity contribution in [2.75, 3.05) is 5.75 Å². The minimum absolute atomic E-state index is 0.0846. The van der Waals surface area contributed by atoms with Gasteiger partial charge in [0.15, 0.2) is 0 Å². The number of aliphatic hydroxyl groups excluding tert-OH is 1. The molecule has 14 heavy (non-hydrogen) atoms. The molecular formula is C10H16N2OS. The summed E-state index contributed by atoms with van der Waals surface area (Å²) in [5.74, 6) is 1.30. The van der Waals surface area contributed by atoms with E-state index in [9.17, 15) is 0 Å². The second kappa shape index (κ2) is 4.36. The second-order valence-corrected chi connectivity index (χ2v) is 5.16. The summed E-state index contributed by atoms with van der Waals surface area (Å²) in [6, 6.07) is 2.01. The number of nitrogens with zero attached hydrogens (tertiary/aromatic N) is 2. The highest BCUT2D eigenvalue weighted by Crippen LogP contribution is 2.28. The molecule has 0 amide bonds. The summed E-state index contributed by atoms with van der Waals surface area (Å²) in [4.78, 5) is 0. The van der Waals surface area contributed by atoms with E-state index < -0.39 is 0 Å². The molecule has 3 nitrogen and oxygen atoms in total. The average molecular weight is 212 g/mol. The van der Waals surface area contributed by atoms with Gasteiger partial charge in [-0.1, -0.05) is 0 Å². The minimum Gasteiger partial charge on any atom is -0.390 e. The lowest BCUT2D eigenvalue weighted by Crippen LogP contribution is -2.03. The molecule has 4 heteroatoms. The number of aryl methyl sites for hydroxylation is 1.